The highest BCUT2D eigenvalue weighted by atomic mass is 15.3. The van der Waals surface area contributed by atoms with Gasteiger partial charge in [-0.3, -0.25) is 5.41 Å². The van der Waals surface area contributed by atoms with Crippen LogP contribution < -0.4 is 11.5 Å². The summed E-state index contributed by atoms with van der Waals surface area (Å²) in [5.41, 5.74) is 10.5. The second-order valence-electron chi connectivity index (χ2n) is 4.01. The highest BCUT2D eigenvalue weighted by Crippen LogP contribution is 2.23. The van der Waals surface area contributed by atoms with E-state index in [0.29, 0.717) is 12.0 Å². The molecule has 14 heavy (non-hydrogen) atoms. The summed E-state index contributed by atoms with van der Waals surface area (Å²) in [7, 11) is 0. The van der Waals surface area contributed by atoms with Gasteiger partial charge in [0.1, 0.15) is 0 Å². The van der Waals surface area contributed by atoms with Crippen LogP contribution in [0.15, 0.2) is 4.99 Å². The third kappa shape index (κ3) is 2.37. The lowest BCUT2D eigenvalue weighted by Gasteiger charge is -2.27. The van der Waals surface area contributed by atoms with Gasteiger partial charge in [-0.05, 0) is 18.8 Å². The first-order valence-electron chi connectivity index (χ1n) is 4.97. The second-order valence-corrected chi connectivity index (χ2v) is 4.01. The van der Waals surface area contributed by atoms with E-state index in [1.54, 1.807) is 0 Å². The third-order valence-corrected chi connectivity index (χ3v) is 2.58. The summed E-state index contributed by atoms with van der Waals surface area (Å²) >= 11 is 0. The summed E-state index contributed by atoms with van der Waals surface area (Å²) < 4.78 is 0. The van der Waals surface area contributed by atoms with Crippen LogP contribution in [-0.4, -0.2) is 29.4 Å². The monoisotopic (exact) mass is 197 g/mol. The smallest absolute Gasteiger partial charge is 0.221 e. The minimum Gasteiger partial charge on any atom is -0.370 e. The molecule has 1 unspecified atom stereocenters. The number of hydrogen-bond donors (Lipinski definition) is 3. The number of rotatable bonds is 1. The number of nitrogens with two attached hydrogens (primary N) is 2. The van der Waals surface area contributed by atoms with E-state index in [9.17, 15) is 0 Å². The van der Waals surface area contributed by atoms with Crippen molar-refractivity contribution in [1.82, 2.24) is 4.90 Å². The lowest BCUT2D eigenvalue weighted by atomic mass is 10.0. The van der Waals surface area contributed by atoms with Gasteiger partial charge in [-0.2, -0.15) is 4.99 Å². The lowest BCUT2D eigenvalue weighted by molar-refractivity contribution is 0.305. The molecule has 5 heteroatoms. The molecule has 0 amide bonds. The normalized spacial score (nSPS) is 21.4. The average molecular weight is 197 g/mol. The molecule has 0 aromatic carbocycles. The predicted molar refractivity (Wildman–Crippen MR) is 58.1 cm³/mol. The molecule has 1 atom stereocenters. The van der Waals surface area contributed by atoms with E-state index in [1.165, 1.54) is 0 Å². The lowest BCUT2D eigenvalue weighted by Crippen LogP contribution is -2.39. The van der Waals surface area contributed by atoms with Gasteiger partial charge in [0.05, 0.1) is 0 Å². The van der Waals surface area contributed by atoms with Crippen molar-refractivity contribution in [2.24, 2.45) is 22.4 Å². The maximum atomic E-state index is 7.72. The third-order valence-electron chi connectivity index (χ3n) is 2.58. The predicted octanol–water partition coefficient (Wildman–Crippen LogP) is 0.315. The van der Waals surface area contributed by atoms with Crippen LogP contribution in [0.1, 0.15) is 26.7 Å². The van der Waals surface area contributed by atoms with Gasteiger partial charge in [0, 0.05) is 12.6 Å². The first-order chi connectivity index (χ1) is 6.52. The second kappa shape index (κ2) is 4.30. The molecule has 0 radical (unpaired) electrons. The molecule has 0 saturated carbocycles. The fraction of sp³-hybridized carbons (Fsp3) is 0.778. The van der Waals surface area contributed by atoms with Crippen LogP contribution in [0, 0.1) is 11.3 Å². The van der Waals surface area contributed by atoms with Gasteiger partial charge in [0.25, 0.3) is 0 Å². The number of nitrogens with zero attached hydrogens (tertiary/aromatic N) is 2. The van der Waals surface area contributed by atoms with Gasteiger partial charge >= 0.3 is 0 Å². The van der Waals surface area contributed by atoms with Crippen molar-refractivity contribution in [3.8, 4) is 0 Å². The molecule has 1 saturated heterocycles. The summed E-state index contributed by atoms with van der Waals surface area (Å²) in [5, 5.41) is 7.72. The van der Waals surface area contributed by atoms with E-state index < -0.39 is 0 Å². The molecule has 5 nitrogen and oxygen atoms in total. The molecular weight excluding hydrogens is 178 g/mol. The van der Waals surface area contributed by atoms with E-state index in [2.05, 4.69) is 18.8 Å². The Labute approximate surface area is 84.7 Å². The van der Waals surface area contributed by atoms with Crippen LogP contribution in [-0.2, 0) is 0 Å². The maximum Gasteiger partial charge on any atom is 0.221 e. The molecule has 5 N–H and O–H groups in total. The van der Waals surface area contributed by atoms with Gasteiger partial charge in [-0.15, -0.1) is 0 Å². The van der Waals surface area contributed by atoms with E-state index in [4.69, 9.17) is 16.9 Å². The molecule has 0 aromatic heterocycles. The molecule has 0 aliphatic carbocycles. The molecule has 1 fully saturated rings. The summed E-state index contributed by atoms with van der Waals surface area (Å²) in [5.74, 6) is 0.692. The highest BCUT2D eigenvalue weighted by Gasteiger charge is 2.28. The molecule has 0 bridgehead atoms. The van der Waals surface area contributed by atoms with Gasteiger partial charge in [0.2, 0.25) is 5.96 Å². The Bertz CT molecular complexity index is 242. The minimum absolute atomic E-state index is 0.0376. The quantitative estimate of drug-likeness (QED) is 0.417. The zero-order valence-corrected chi connectivity index (χ0v) is 8.83. The van der Waals surface area contributed by atoms with Crippen LogP contribution in [0.4, 0.5) is 0 Å². The van der Waals surface area contributed by atoms with Gasteiger partial charge in [-0.25, -0.2) is 0 Å². The van der Waals surface area contributed by atoms with Crippen molar-refractivity contribution in [3.63, 3.8) is 0 Å². The van der Waals surface area contributed by atoms with E-state index >= 15 is 0 Å². The Kier molecular flexibility index (Phi) is 3.33. The van der Waals surface area contributed by atoms with Crippen molar-refractivity contribution in [3.05, 3.63) is 0 Å². The minimum atomic E-state index is -0.0376. The van der Waals surface area contributed by atoms with Crippen molar-refractivity contribution in [1.29, 1.82) is 5.41 Å². The molecule has 1 heterocycles. The van der Waals surface area contributed by atoms with Crippen LogP contribution in [0.25, 0.3) is 0 Å². The number of likely N-dealkylation sites (tertiary alicyclic amines) is 1. The molecule has 0 spiro atoms. The highest BCUT2D eigenvalue weighted by molar-refractivity contribution is 5.91. The van der Waals surface area contributed by atoms with Crippen LogP contribution in [0.2, 0.25) is 0 Å². The van der Waals surface area contributed by atoms with Gasteiger partial charge < -0.3 is 16.4 Å². The Morgan fingerprint density at radius 3 is 2.64 bits per heavy atom. The van der Waals surface area contributed by atoms with Crippen LogP contribution in [0.3, 0.4) is 0 Å². The Balaban J connectivity index is 2.67. The van der Waals surface area contributed by atoms with E-state index in [0.717, 1.165) is 19.4 Å². The first kappa shape index (κ1) is 10.8. The fourth-order valence-electron chi connectivity index (χ4n) is 1.94. The van der Waals surface area contributed by atoms with Crippen LogP contribution in [0.5, 0.6) is 0 Å². The summed E-state index contributed by atoms with van der Waals surface area (Å²) in [6.45, 7) is 5.20. The zero-order valence-electron chi connectivity index (χ0n) is 8.83. The molecule has 1 rings (SSSR count). The summed E-state index contributed by atoms with van der Waals surface area (Å²) in [6.07, 6.45) is 2.24. The maximum absolute atomic E-state index is 7.72. The molecule has 1 aliphatic rings. The Morgan fingerprint density at radius 2 is 2.14 bits per heavy atom. The van der Waals surface area contributed by atoms with Crippen molar-refractivity contribution in [2.75, 3.05) is 6.54 Å². The molecular formula is C9H19N5. The Morgan fingerprint density at radius 1 is 1.50 bits per heavy atom. The van der Waals surface area contributed by atoms with Gasteiger partial charge in [0.15, 0.2) is 5.96 Å². The van der Waals surface area contributed by atoms with Crippen molar-refractivity contribution >= 4 is 11.9 Å². The SMILES string of the molecule is CC(C)C1CCCN1C(=N)N=C(N)N. The molecule has 0 aromatic rings. The average Bonchev–Trinajstić information content (AvgIpc) is 2.49. The number of nitrogens with one attached hydrogen (secondary N) is 1. The largest absolute Gasteiger partial charge is 0.370 e. The number of guanidine groups is 2. The van der Waals surface area contributed by atoms with Gasteiger partial charge in [-0.1, -0.05) is 13.8 Å². The standard InChI is InChI=1S/C9H19N5/c1-6(2)7-4-3-5-14(7)9(12)13-8(10)11/h6-7H,3-5H2,1-2H3,(H5,10,11,12,13). The molecule has 1 aliphatic heterocycles. The topological polar surface area (TPSA) is 91.5 Å². The molecule has 80 valence electrons. The first-order valence-corrected chi connectivity index (χ1v) is 4.97. The zero-order chi connectivity index (χ0) is 10.7. The fourth-order valence-corrected chi connectivity index (χ4v) is 1.94. The van der Waals surface area contributed by atoms with Crippen molar-refractivity contribution in [2.45, 2.75) is 32.7 Å². The van der Waals surface area contributed by atoms with Crippen molar-refractivity contribution < 1.29 is 0 Å². The summed E-state index contributed by atoms with van der Waals surface area (Å²) in [4.78, 5) is 5.75. The Hall–Kier alpha value is -1.26. The number of aliphatic imine (C=N–C) groups is 1. The van der Waals surface area contributed by atoms with E-state index in [-0.39, 0.29) is 11.9 Å². The van der Waals surface area contributed by atoms with E-state index in [1.807, 2.05) is 4.90 Å². The summed E-state index contributed by atoms with van der Waals surface area (Å²) in [6, 6.07) is 0.408. The van der Waals surface area contributed by atoms with Crippen LogP contribution >= 0.6 is 0 Å². The number of hydrogen-bond acceptors (Lipinski definition) is 1.